The van der Waals surface area contributed by atoms with E-state index in [9.17, 15) is 0 Å². The molecule has 0 heterocycles. The molecular weight excluding hydrogens is 256 g/mol. The normalized spacial score (nSPS) is 24.5. The van der Waals surface area contributed by atoms with E-state index >= 15 is 0 Å². The van der Waals surface area contributed by atoms with Gasteiger partial charge in [0.25, 0.3) is 0 Å². The molecule has 0 radical (unpaired) electrons. The Kier molecular flexibility index (Phi) is 6.75. The highest BCUT2D eigenvalue weighted by Crippen LogP contribution is 2.41. The maximum atomic E-state index is 3.74. The van der Waals surface area contributed by atoms with Crippen molar-refractivity contribution in [2.45, 2.75) is 89.6 Å². The molecule has 2 rings (SSSR count). The second kappa shape index (κ2) is 8.33. The first-order valence-electron chi connectivity index (χ1n) is 9.39. The van der Waals surface area contributed by atoms with Gasteiger partial charge < -0.3 is 5.32 Å². The summed E-state index contributed by atoms with van der Waals surface area (Å²) in [4.78, 5) is 2.75. The predicted molar refractivity (Wildman–Crippen MR) is 92.8 cm³/mol. The molecule has 2 nitrogen and oxygen atoms in total. The van der Waals surface area contributed by atoms with Gasteiger partial charge in [-0.15, -0.1) is 0 Å². The molecule has 2 aliphatic carbocycles. The Balaban J connectivity index is 2.26. The van der Waals surface area contributed by atoms with E-state index in [1.165, 1.54) is 77.3 Å². The Labute approximate surface area is 132 Å². The highest BCUT2D eigenvalue weighted by atomic mass is 15.2. The van der Waals surface area contributed by atoms with Gasteiger partial charge in [0, 0.05) is 11.6 Å². The molecule has 0 bridgehead atoms. The Morgan fingerprint density at radius 2 is 1.71 bits per heavy atom. The van der Waals surface area contributed by atoms with Crippen LogP contribution in [-0.4, -0.2) is 36.6 Å². The van der Waals surface area contributed by atoms with E-state index in [1.807, 2.05) is 0 Å². The van der Waals surface area contributed by atoms with Gasteiger partial charge in [0.2, 0.25) is 0 Å². The van der Waals surface area contributed by atoms with Crippen molar-refractivity contribution in [3.8, 4) is 0 Å². The zero-order valence-electron chi connectivity index (χ0n) is 14.6. The lowest BCUT2D eigenvalue weighted by molar-refractivity contribution is 0.0765. The van der Waals surface area contributed by atoms with Crippen LogP contribution in [0.15, 0.2) is 11.6 Å². The smallest absolute Gasteiger partial charge is 0.0464 e. The first-order valence-corrected chi connectivity index (χ1v) is 9.39. The zero-order chi connectivity index (χ0) is 15.1. The molecule has 1 N–H and O–H groups in total. The van der Waals surface area contributed by atoms with Crippen molar-refractivity contribution < 1.29 is 0 Å². The van der Waals surface area contributed by atoms with Gasteiger partial charge in [0.15, 0.2) is 0 Å². The molecule has 0 saturated heterocycles. The number of allylic oxidation sites excluding steroid dienone is 1. The number of nitrogens with one attached hydrogen (secondary N) is 1. The number of nitrogens with zero attached hydrogens (tertiary/aromatic N) is 1. The maximum absolute atomic E-state index is 3.74. The third-order valence-electron chi connectivity index (χ3n) is 5.89. The molecule has 0 amide bonds. The molecule has 1 saturated carbocycles. The number of hydrogen-bond donors (Lipinski definition) is 1. The molecule has 0 aromatic heterocycles. The van der Waals surface area contributed by atoms with E-state index in [0.29, 0.717) is 11.6 Å². The molecule has 0 aliphatic heterocycles. The van der Waals surface area contributed by atoms with Gasteiger partial charge >= 0.3 is 0 Å². The molecule has 1 atom stereocenters. The number of hydrogen-bond acceptors (Lipinski definition) is 2. The summed E-state index contributed by atoms with van der Waals surface area (Å²) in [5.74, 6) is 0. The Bertz CT molecular complexity index is 324. The minimum atomic E-state index is 0.378. The second-order valence-electron chi connectivity index (χ2n) is 6.94. The summed E-state index contributed by atoms with van der Waals surface area (Å²) in [7, 11) is 2.19. The van der Waals surface area contributed by atoms with Gasteiger partial charge in [-0.1, -0.05) is 51.2 Å². The van der Waals surface area contributed by atoms with Crippen LogP contribution in [0.25, 0.3) is 0 Å². The maximum Gasteiger partial charge on any atom is 0.0464 e. The van der Waals surface area contributed by atoms with E-state index in [4.69, 9.17) is 0 Å². The quantitative estimate of drug-likeness (QED) is 0.725. The molecule has 2 aliphatic rings. The fraction of sp³-hybridized carbons (Fsp3) is 0.895. The highest BCUT2D eigenvalue weighted by Gasteiger charge is 2.45. The van der Waals surface area contributed by atoms with Gasteiger partial charge in [-0.3, -0.25) is 4.90 Å². The Morgan fingerprint density at radius 3 is 2.33 bits per heavy atom. The topological polar surface area (TPSA) is 15.3 Å². The van der Waals surface area contributed by atoms with E-state index in [-0.39, 0.29) is 0 Å². The first kappa shape index (κ1) is 17.0. The Hall–Kier alpha value is -0.340. The molecule has 0 aromatic carbocycles. The summed E-state index contributed by atoms with van der Waals surface area (Å²) in [5.41, 5.74) is 2.09. The largest absolute Gasteiger partial charge is 0.312 e. The van der Waals surface area contributed by atoms with Crippen LogP contribution in [0.1, 0.15) is 78.1 Å². The number of likely N-dealkylation sites (N-methyl/N-ethyl adjacent to an activating group) is 2. The van der Waals surface area contributed by atoms with Gasteiger partial charge in [0.05, 0.1) is 0 Å². The predicted octanol–water partition coefficient (Wildman–Crippen LogP) is 4.51. The minimum absolute atomic E-state index is 0.378. The third-order valence-corrected chi connectivity index (χ3v) is 5.89. The lowest BCUT2D eigenvalue weighted by Gasteiger charge is -2.47. The molecule has 0 aromatic rings. The molecule has 1 unspecified atom stereocenters. The van der Waals surface area contributed by atoms with E-state index in [1.54, 1.807) is 5.57 Å². The summed E-state index contributed by atoms with van der Waals surface area (Å²) in [6, 6.07) is 0.568. The van der Waals surface area contributed by atoms with Gasteiger partial charge in [0.1, 0.15) is 0 Å². The van der Waals surface area contributed by atoms with Crippen LogP contribution in [0.4, 0.5) is 0 Å². The minimum Gasteiger partial charge on any atom is -0.312 e. The fourth-order valence-electron chi connectivity index (χ4n) is 4.91. The van der Waals surface area contributed by atoms with Gasteiger partial charge in [-0.05, 0) is 58.7 Å². The van der Waals surface area contributed by atoms with E-state index < -0.39 is 0 Å². The summed E-state index contributed by atoms with van der Waals surface area (Å²) in [5, 5.41) is 3.74. The van der Waals surface area contributed by atoms with Crippen LogP contribution in [0.5, 0.6) is 0 Å². The lowest BCUT2D eigenvalue weighted by atomic mass is 9.79. The second-order valence-corrected chi connectivity index (χ2v) is 6.94. The van der Waals surface area contributed by atoms with Crippen molar-refractivity contribution in [1.29, 1.82) is 0 Å². The lowest BCUT2D eigenvalue weighted by Crippen LogP contribution is -2.60. The molecule has 0 spiro atoms. The van der Waals surface area contributed by atoms with Crippen molar-refractivity contribution in [1.82, 2.24) is 10.2 Å². The summed E-state index contributed by atoms with van der Waals surface area (Å²) in [6.45, 7) is 7.04. The van der Waals surface area contributed by atoms with Crippen molar-refractivity contribution in [3.05, 3.63) is 11.6 Å². The van der Waals surface area contributed by atoms with Crippen LogP contribution in [0.3, 0.4) is 0 Å². The van der Waals surface area contributed by atoms with Crippen molar-refractivity contribution >= 4 is 0 Å². The Morgan fingerprint density at radius 1 is 1.05 bits per heavy atom. The van der Waals surface area contributed by atoms with Crippen molar-refractivity contribution in [3.63, 3.8) is 0 Å². The molecule has 21 heavy (non-hydrogen) atoms. The summed E-state index contributed by atoms with van der Waals surface area (Å²) in [6.07, 6.45) is 16.4. The molecule has 2 heteroatoms. The zero-order valence-corrected chi connectivity index (χ0v) is 14.6. The SMILES string of the molecule is CCN(CC)C1(C(NC)C2=CCCCCCC2)CCCC1. The third kappa shape index (κ3) is 3.71. The number of rotatable bonds is 6. The first-order chi connectivity index (χ1) is 10.3. The molecular formula is C19H36N2. The average molecular weight is 293 g/mol. The summed E-state index contributed by atoms with van der Waals surface area (Å²) >= 11 is 0. The monoisotopic (exact) mass is 292 g/mol. The van der Waals surface area contributed by atoms with E-state index in [2.05, 4.69) is 37.2 Å². The van der Waals surface area contributed by atoms with Crippen LogP contribution >= 0.6 is 0 Å². The van der Waals surface area contributed by atoms with E-state index in [0.717, 1.165) is 0 Å². The van der Waals surface area contributed by atoms with Crippen molar-refractivity contribution in [2.24, 2.45) is 0 Å². The standard InChI is InChI=1S/C19H36N2/c1-4-21(5-2)19(15-11-12-16-19)18(20-3)17-13-9-7-6-8-10-14-17/h13,18,20H,4-12,14-16H2,1-3H3. The molecule has 1 fully saturated rings. The average Bonchev–Trinajstić information content (AvgIpc) is 2.93. The van der Waals surface area contributed by atoms with Gasteiger partial charge in [-0.25, -0.2) is 0 Å². The molecule has 122 valence electrons. The van der Waals surface area contributed by atoms with Crippen LogP contribution in [0, 0.1) is 0 Å². The van der Waals surface area contributed by atoms with Gasteiger partial charge in [-0.2, -0.15) is 0 Å². The highest BCUT2D eigenvalue weighted by molar-refractivity contribution is 5.21. The van der Waals surface area contributed by atoms with Crippen LogP contribution in [-0.2, 0) is 0 Å². The van der Waals surface area contributed by atoms with Crippen LogP contribution in [0.2, 0.25) is 0 Å². The van der Waals surface area contributed by atoms with Crippen molar-refractivity contribution in [2.75, 3.05) is 20.1 Å². The van der Waals surface area contributed by atoms with Crippen LogP contribution < -0.4 is 5.32 Å². The fourth-order valence-corrected chi connectivity index (χ4v) is 4.91. The summed E-state index contributed by atoms with van der Waals surface area (Å²) < 4.78 is 0.